The molecule has 0 saturated carbocycles. The number of fused-ring (bicyclic) bond motifs is 1. The summed E-state index contributed by atoms with van der Waals surface area (Å²) in [5.41, 5.74) is 0.205. The minimum atomic E-state index is -0.316. The van der Waals surface area contributed by atoms with Crippen LogP contribution in [0.4, 0.5) is 0 Å². The van der Waals surface area contributed by atoms with Crippen LogP contribution in [-0.4, -0.2) is 32.3 Å². The molecule has 124 valence electrons. The van der Waals surface area contributed by atoms with Crippen LogP contribution in [0.1, 0.15) is 11.8 Å². The number of nitrogens with zero attached hydrogens (tertiary/aromatic N) is 4. The molecule has 3 aromatic rings. The molecule has 0 unspecified atom stereocenters. The zero-order valence-electron chi connectivity index (χ0n) is 13.0. The number of likely N-dealkylation sites (N-methyl/N-ethyl adjacent to an activating group) is 1. The van der Waals surface area contributed by atoms with E-state index in [4.69, 9.17) is 11.6 Å². The van der Waals surface area contributed by atoms with Crippen LogP contribution in [0.5, 0.6) is 0 Å². The summed E-state index contributed by atoms with van der Waals surface area (Å²) in [5.74, 6) is -0.186. The quantitative estimate of drug-likeness (QED) is 0.699. The van der Waals surface area contributed by atoms with Gasteiger partial charge in [0.05, 0.1) is 16.3 Å². The van der Waals surface area contributed by atoms with Gasteiger partial charge in [0.15, 0.2) is 0 Å². The SMILES string of the molecule is CCN(Cc1ccc(Cl)s1)C(=O)Cn1nnc2ccccc2c1=O. The summed E-state index contributed by atoms with van der Waals surface area (Å²) in [4.78, 5) is 27.6. The Labute approximate surface area is 147 Å². The van der Waals surface area contributed by atoms with Crippen LogP contribution >= 0.6 is 22.9 Å². The Balaban J connectivity index is 1.80. The number of aromatic nitrogens is 3. The molecule has 0 atom stereocenters. The standard InChI is InChI=1S/C16H15ClN4O2S/c1-2-20(9-11-7-8-14(17)24-11)15(22)10-21-16(23)12-5-3-4-6-13(12)18-19-21/h3-8H,2,9-10H2,1H3. The van der Waals surface area contributed by atoms with Crippen LogP contribution in [0.2, 0.25) is 4.34 Å². The molecule has 0 aliphatic rings. The van der Waals surface area contributed by atoms with Crippen molar-refractivity contribution >= 4 is 39.7 Å². The van der Waals surface area contributed by atoms with Crippen molar-refractivity contribution in [2.24, 2.45) is 0 Å². The maximum Gasteiger partial charge on any atom is 0.278 e. The second-order valence-electron chi connectivity index (χ2n) is 5.18. The monoisotopic (exact) mass is 362 g/mol. The van der Waals surface area contributed by atoms with Crippen molar-refractivity contribution in [1.29, 1.82) is 0 Å². The third-order valence-corrected chi connectivity index (χ3v) is 4.84. The molecule has 0 saturated heterocycles. The number of benzene rings is 1. The van der Waals surface area contributed by atoms with Gasteiger partial charge < -0.3 is 4.90 Å². The number of rotatable bonds is 5. The molecule has 2 heterocycles. The van der Waals surface area contributed by atoms with Crippen molar-refractivity contribution in [3.8, 4) is 0 Å². The number of halogens is 1. The van der Waals surface area contributed by atoms with Crippen LogP contribution in [0.25, 0.3) is 10.9 Å². The van der Waals surface area contributed by atoms with Gasteiger partial charge in [0.1, 0.15) is 12.1 Å². The maximum absolute atomic E-state index is 12.5. The average Bonchev–Trinajstić information content (AvgIpc) is 3.00. The Hall–Kier alpha value is -2.25. The molecule has 24 heavy (non-hydrogen) atoms. The van der Waals surface area contributed by atoms with Gasteiger partial charge in [-0.15, -0.1) is 16.4 Å². The lowest BCUT2D eigenvalue weighted by Crippen LogP contribution is -2.37. The third-order valence-electron chi connectivity index (χ3n) is 3.62. The molecule has 0 aliphatic heterocycles. The third kappa shape index (κ3) is 3.47. The van der Waals surface area contributed by atoms with E-state index in [1.165, 1.54) is 11.3 Å². The van der Waals surface area contributed by atoms with Gasteiger partial charge in [-0.3, -0.25) is 9.59 Å². The van der Waals surface area contributed by atoms with Crippen molar-refractivity contribution in [3.63, 3.8) is 0 Å². The minimum absolute atomic E-state index is 0.135. The van der Waals surface area contributed by atoms with Gasteiger partial charge in [-0.25, -0.2) is 4.68 Å². The van der Waals surface area contributed by atoms with E-state index in [2.05, 4.69) is 10.3 Å². The second-order valence-corrected chi connectivity index (χ2v) is 6.98. The lowest BCUT2D eigenvalue weighted by molar-refractivity contribution is -0.132. The topological polar surface area (TPSA) is 68.1 Å². The van der Waals surface area contributed by atoms with E-state index in [1.807, 2.05) is 13.0 Å². The smallest absolute Gasteiger partial charge is 0.278 e. The van der Waals surface area contributed by atoms with Gasteiger partial charge in [-0.05, 0) is 31.2 Å². The molecule has 0 aliphatic carbocycles. The predicted octanol–water partition coefficient (Wildman–Crippen LogP) is 2.56. The van der Waals surface area contributed by atoms with Crippen molar-refractivity contribution in [2.75, 3.05) is 6.54 Å². The zero-order valence-corrected chi connectivity index (χ0v) is 14.5. The molecular weight excluding hydrogens is 348 g/mol. The molecule has 0 spiro atoms. The van der Waals surface area contributed by atoms with Gasteiger partial charge in [0, 0.05) is 11.4 Å². The Kier molecular flexibility index (Phi) is 4.92. The van der Waals surface area contributed by atoms with Gasteiger partial charge in [-0.1, -0.05) is 28.9 Å². The van der Waals surface area contributed by atoms with E-state index in [1.54, 1.807) is 35.2 Å². The predicted molar refractivity (Wildman–Crippen MR) is 94.2 cm³/mol. The molecule has 0 bridgehead atoms. The first kappa shape index (κ1) is 16.6. The Morgan fingerprint density at radius 2 is 2.08 bits per heavy atom. The summed E-state index contributed by atoms with van der Waals surface area (Å²) in [7, 11) is 0. The highest BCUT2D eigenvalue weighted by Crippen LogP contribution is 2.22. The molecule has 0 radical (unpaired) electrons. The van der Waals surface area contributed by atoms with Crippen LogP contribution < -0.4 is 5.56 Å². The van der Waals surface area contributed by atoms with Crippen LogP contribution in [0.3, 0.4) is 0 Å². The van der Waals surface area contributed by atoms with Crippen molar-refractivity contribution in [3.05, 3.63) is 56.0 Å². The average molecular weight is 363 g/mol. The fourth-order valence-electron chi connectivity index (χ4n) is 2.36. The van der Waals surface area contributed by atoms with E-state index in [0.717, 1.165) is 9.56 Å². The number of carbonyl (C=O) groups excluding carboxylic acids is 1. The fourth-order valence-corrected chi connectivity index (χ4v) is 3.46. The largest absolute Gasteiger partial charge is 0.336 e. The molecule has 1 amide bonds. The highest BCUT2D eigenvalue weighted by atomic mass is 35.5. The first-order chi connectivity index (χ1) is 11.6. The molecule has 1 aromatic carbocycles. The Morgan fingerprint density at radius 3 is 2.79 bits per heavy atom. The molecule has 0 fully saturated rings. The van der Waals surface area contributed by atoms with Crippen LogP contribution in [0, 0.1) is 0 Å². The lowest BCUT2D eigenvalue weighted by Gasteiger charge is -2.20. The van der Waals surface area contributed by atoms with Crippen molar-refractivity contribution in [1.82, 2.24) is 19.9 Å². The van der Waals surface area contributed by atoms with E-state index < -0.39 is 0 Å². The van der Waals surface area contributed by atoms with Crippen molar-refractivity contribution in [2.45, 2.75) is 20.0 Å². The molecule has 3 rings (SSSR count). The fraction of sp³-hybridized carbons (Fsp3) is 0.250. The lowest BCUT2D eigenvalue weighted by atomic mass is 10.2. The molecule has 2 aromatic heterocycles. The Morgan fingerprint density at radius 1 is 1.29 bits per heavy atom. The Bertz CT molecular complexity index is 937. The number of carbonyl (C=O) groups is 1. The summed E-state index contributed by atoms with van der Waals surface area (Å²) < 4.78 is 1.79. The summed E-state index contributed by atoms with van der Waals surface area (Å²) in [6, 6.07) is 10.6. The van der Waals surface area contributed by atoms with Gasteiger partial charge in [0.25, 0.3) is 5.56 Å². The molecular formula is C16H15ClN4O2S. The number of hydrogen-bond donors (Lipinski definition) is 0. The summed E-state index contributed by atoms with van der Waals surface area (Å²) in [6.07, 6.45) is 0. The van der Waals surface area contributed by atoms with E-state index >= 15 is 0 Å². The van der Waals surface area contributed by atoms with Crippen LogP contribution in [-0.2, 0) is 17.9 Å². The minimum Gasteiger partial charge on any atom is -0.336 e. The van der Waals surface area contributed by atoms with Gasteiger partial charge in [-0.2, -0.15) is 0 Å². The van der Waals surface area contributed by atoms with Gasteiger partial charge in [0.2, 0.25) is 5.91 Å². The van der Waals surface area contributed by atoms with E-state index in [-0.39, 0.29) is 18.0 Å². The zero-order chi connectivity index (χ0) is 17.1. The summed E-state index contributed by atoms with van der Waals surface area (Å²) in [5, 5.41) is 8.31. The van der Waals surface area contributed by atoms with Gasteiger partial charge >= 0.3 is 0 Å². The highest BCUT2D eigenvalue weighted by Gasteiger charge is 2.16. The second kappa shape index (κ2) is 7.11. The molecule has 6 nitrogen and oxygen atoms in total. The highest BCUT2D eigenvalue weighted by molar-refractivity contribution is 7.16. The summed E-state index contributed by atoms with van der Waals surface area (Å²) >= 11 is 7.36. The molecule has 0 N–H and O–H groups in total. The van der Waals surface area contributed by atoms with Crippen LogP contribution in [0.15, 0.2) is 41.2 Å². The normalized spacial score (nSPS) is 10.9. The first-order valence-corrected chi connectivity index (χ1v) is 8.62. The maximum atomic E-state index is 12.5. The van der Waals surface area contributed by atoms with E-state index in [0.29, 0.717) is 28.3 Å². The number of amides is 1. The molecule has 8 heteroatoms. The van der Waals surface area contributed by atoms with Crippen molar-refractivity contribution < 1.29 is 4.79 Å². The number of hydrogen-bond acceptors (Lipinski definition) is 5. The first-order valence-electron chi connectivity index (χ1n) is 7.43. The summed E-state index contributed by atoms with van der Waals surface area (Å²) in [6.45, 7) is 2.75. The number of thiophene rings is 1. The van der Waals surface area contributed by atoms with E-state index in [9.17, 15) is 9.59 Å².